The predicted molar refractivity (Wildman–Crippen MR) is 52.7 cm³/mol. The van der Waals surface area contributed by atoms with Crippen molar-refractivity contribution in [2.75, 3.05) is 19.8 Å². The van der Waals surface area contributed by atoms with Gasteiger partial charge in [0.15, 0.2) is 5.79 Å². The van der Waals surface area contributed by atoms with E-state index in [-0.39, 0.29) is 11.3 Å². The van der Waals surface area contributed by atoms with E-state index in [0.717, 1.165) is 26.2 Å². The van der Waals surface area contributed by atoms with E-state index in [9.17, 15) is 0 Å². The van der Waals surface area contributed by atoms with Gasteiger partial charge in [0.25, 0.3) is 0 Å². The summed E-state index contributed by atoms with van der Waals surface area (Å²) in [6.07, 6.45) is 0.907. The van der Waals surface area contributed by atoms with Crippen molar-refractivity contribution in [2.45, 2.75) is 45.4 Å². The van der Waals surface area contributed by atoms with E-state index >= 15 is 0 Å². The standard InChI is InChI=1S/C10H21NO2/c1-9(2,3)11-6-5-10(4)12-7-8-13-10/h11H,5-8H2,1-4H3. The Bertz CT molecular complexity index is 157. The van der Waals surface area contributed by atoms with Gasteiger partial charge in [-0.1, -0.05) is 0 Å². The molecule has 1 aliphatic heterocycles. The molecule has 0 aliphatic carbocycles. The SMILES string of the molecule is CC(C)(C)NCCC1(C)OCCO1. The lowest BCUT2D eigenvalue weighted by atomic mass is 10.1. The lowest BCUT2D eigenvalue weighted by Crippen LogP contribution is -2.40. The summed E-state index contributed by atoms with van der Waals surface area (Å²) in [5, 5.41) is 3.41. The zero-order valence-electron chi connectivity index (χ0n) is 9.14. The maximum atomic E-state index is 5.49. The van der Waals surface area contributed by atoms with E-state index < -0.39 is 0 Å². The molecule has 1 aliphatic rings. The van der Waals surface area contributed by atoms with Crippen molar-refractivity contribution >= 4 is 0 Å². The molecule has 0 unspecified atom stereocenters. The highest BCUT2D eigenvalue weighted by molar-refractivity contribution is 4.74. The smallest absolute Gasteiger partial charge is 0.166 e. The van der Waals surface area contributed by atoms with Gasteiger partial charge < -0.3 is 14.8 Å². The highest BCUT2D eigenvalue weighted by atomic mass is 16.7. The number of hydrogen-bond donors (Lipinski definition) is 1. The van der Waals surface area contributed by atoms with Crippen LogP contribution in [0.4, 0.5) is 0 Å². The van der Waals surface area contributed by atoms with E-state index in [1.54, 1.807) is 0 Å². The minimum Gasteiger partial charge on any atom is -0.348 e. The van der Waals surface area contributed by atoms with Crippen LogP contribution in [0.2, 0.25) is 0 Å². The Morgan fingerprint density at radius 2 is 1.77 bits per heavy atom. The molecule has 0 aromatic heterocycles. The van der Waals surface area contributed by atoms with E-state index in [0.29, 0.717) is 0 Å². The molecule has 0 bridgehead atoms. The molecule has 1 rings (SSSR count). The Balaban J connectivity index is 2.18. The molecule has 13 heavy (non-hydrogen) atoms. The van der Waals surface area contributed by atoms with Crippen LogP contribution in [0.15, 0.2) is 0 Å². The Morgan fingerprint density at radius 3 is 2.23 bits per heavy atom. The Morgan fingerprint density at radius 1 is 1.23 bits per heavy atom. The number of ether oxygens (including phenoxy) is 2. The van der Waals surface area contributed by atoms with Gasteiger partial charge in [-0.2, -0.15) is 0 Å². The van der Waals surface area contributed by atoms with Crippen molar-refractivity contribution in [3.63, 3.8) is 0 Å². The predicted octanol–water partition coefficient (Wildman–Crippen LogP) is 1.53. The van der Waals surface area contributed by atoms with Gasteiger partial charge in [-0.25, -0.2) is 0 Å². The number of hydrogen-bond acceptors (Lipinski definition) is 3. The molecule has 0 amide bonds. The van der Waals surface area contributed by atoms with Gasteiger partial charge in [-0.05, 0) is 27.7 Å². The average molecular weight is 187 g/mol. The lowest BCUT2D eigenvalue weighted by Gasteiger charge is -2.26. The molecule has 3 heteroatoms. The van der Waals surface area contributed by atoms with Crippen LogP contribution in [0.3, 0.4) is 0 Å². The fourth-order valence-electron chi connectivity index (χ4n) is 1.37. The zero-order chi connectivity index (χ0) is 9.95. The molecule has 0 atom stereocenters. The van der Waals surface area contributed by atoms with Crippen molar-refractivity contribution in [2.24, 2.45) is 0 Å². The van der Waals surface area contributed by atoms with Gasteiger partial charge >= 0.3 is 0 Å². The average Bonchev–Trinajstić information content (AvgIpc) is 2.33. The van der Waals surface area contributed by atoms with Gasteiger partial charge in [-0.3, -0.25) is 0 Å². The van der Waals surface area contributed by atoms with Gasteiger partial charge in [0.1, 0.15) is 0 Å². The van der Waals surface area contributed by atoms with Crippen molar-refractivity contribution in [1.29, 1.82) is 0 Å². The second-order valence-corrected chi connectivity index (χ2v) is 4.76. The summed E-state index contributed by atoms with van der Waals surface area (Å²) in [6.45, 7) is 10.9. The van der Waals surface area contributed by atoms with Crippen LogP contribution in [0.1, 0.15) is 34.1 Å². The monoisotopic (exact) mass is 187 g/mol. The summed E-state index contributed by atoms with van der Waals surface area (Å²) in [4.78, 5) is 0. The van der Waals surface area contributed by atoms with Crippen LogP contribution in [-0.4, -0.2) is 31.1 Å². The third-order valence-electron chi connectivity index (χ3n) is 2.13. The second-order valence-electron chi connectivity index (χ2n) is 4.76. The highest BCUT2D eigenvalue weighted by Gasteiger charge is 2.30. The second kappa shape index (κ2) is 3.95. The Hall–Kier alpha value is -0.120. The van der Waals surface area contributed by atoms with Crippen LogP contribution in [0.5, 0.6) is 0 Å². The van der Waals surface area contributed by atoms with E-state index in [4.69, 9.17) is 9.47 Å². The molecule has 0 spiro atoms. The Labute approximate surface area is 80.8 Å². The first-order chi connectivity index (χ1) is 5.91. The quantitative estimate of drug-likeness (QED) is 0.726. The summed E-state index contributed by atoms with van der Waals surface area (Å²) in [7, 11) is 0. The molecular formula is C10H21NO2. The summed E-state index contributed by atoms with van der Waals surface area (Å²) >= 11 is 0. The van der Waals surface area contributed by atoms with Crippen LogP contribution in [-0.2, 0) is 9.47 Å². The molecule has 78 valence electrons. The molecule has 1 N–H and O–H groups in total. The largest absolute Gasteiger partial charge is 0.348 e. The molecule has 3 nitrogen and oxygen atoms in total. The fourth-order valence-corrected chi connectivity index (χ4v) is 1.37. The van der Waals surface area contributed by atoms with Crippen molar-refractivity contribution in [3.05, 3.63) is 0 Å². The number of nitrogens with one attached hydrogen (secondary N) is 1. The minimum absolute atomic E-state index is 0.176. The molecule has 0 radical (unpaired) electrons. The molecule has 0 aromatic carbocycles. The van der Waals surface area contributed by atoms with Crippen LogP contribution >= 0.6 is 0 Å². The first kappa shape index (κ1) is 11.0. The maximum Gasteiger partial charge on any atom is 0.166 e. The molecule has 0 aromatic rings. The minimum atomic E-state index is -0.349. The lowest BCUT2D eigenvalue weighted by molar-refractivity contribution is -0.146. The maximum absolute atomic E-state index is 5.49. The van der Waals surface area contributed by atoms with Gasteiger partial charge in [-0.15, -0.1) is 0 Å². The van der Waals surface area contributed by atoms with Crippen molar-refractivity contribution in [1.82, 2.24) is 5.32 Å². The normalized spacial score (nSPS) is 22.2. The topological polar surface area (TPSA) is 30.5 Å². The molecule has 1 saturated heterocycles. The molecule has 1 fully saturated rings. The third-order valence-corrected chi connectivity index (χ3v) is 2.13. The fraction of sp³-hybridized carbons (Fsp3) is 1.00. The van der Waals surface area contributed by atoms with Gasteiger partial charge in [0.2, 0.25) is 0 Å². The summed E-state index contributed by atoms with van der Waals surface area (Å²) in [5.74, 6) is -0.349. The summed E-state index contributed by atoms with van der Waals surface area (Å²) < 4.78 is 11.0. The van der Waals surface area contributed by atoms with Crippen molar-refractivity contribution < 1.29 is 9.47 Å². The number of rotatable bonds is 3. The zero-order valence-corrected chi connectivity index (χ0v) is 9.14. The summed E-state index contributed by atoms with van der Waals surface area (Å²) in [6, 6.07) is 0. The van der Waals surface area contributed by atoms with Gasteiger partial charge in [0.05, 0.1) is 13.2 Å². The third kappa shape index (κ3) is 4.07. The van der Waals surface area contributed by atoms with Crippen LogP contribution in [0.25, 0.3) is 0 Å². The first-order valence-electron chi connectivity index (χ1n) is 4.94. The Kier molecular flexibility index (Phi) is 3.33. The van der Waals surface area contributed by atoms with Crippen molar-refractivity contribution in [3.8, 4) is 0 Å². The first-order valence-corrected chi connectivity index (χ1v) is 4.94. The van der Waals surface area contributed by atoms with E-state index in [1.165, 1.54) is 0 Å². The molecular weight excluding hydrogens is 166 g/mol. The van der Waals surface area contributed by atoms with Crippen LogP contribution in [0, 0.1) is 0 Å². The molecule has 0 saturated carbocycles. The van der Waals surface area contributed by atoms with E-state index in [2.05, 4.69) is 26.1 Å². The molecule has 1 heterocycles. The highest BCUT2D eigenvalue weighted by Crippen LogP contribution is 2.21. The summed E-state index contributed by atoms with van der Waals surface area (Å²) in [5.41, 5.74) is 0.176. The van der Waals surface area contributed by atoms with Gasteiger partial charge in [0, 0.05) is 18.5 Å². The van der Waals surface area contributed by atoms with E-state index in [1.807, 2.05) is 6.92 Å². The van der Waals surface area contributed by atoms with Crippen LogP contribution < -0.4 is 5.32 Å².